The summed E-state index contributed by atoms with van der Waals surface area (Å²) < 4.78 is 4.56. The molecule has 0 aromatic heterocycles. The molecule has 1 aliphatic rings. The number of aliphatic hydroxyl groups excluding tert-OH is 2. The molecule has 4 heteroatoms. The number of rotatable bonds is 0. The summed E-state index contributed by atoms with van der Waals surface area (Å²) in [6.45, 7) is 0.141. The fourth-order valence-electron chi connectivity index (χ4n) is 0.609. The predicted octanol–water partition coefficient (Wildman–Crippen LogP) is -1.98. The van der Waals surface area contributed by atoms with Crippen LogP contribution >= 0.6 is 0 Å². The number of hydrogen-bond acceptors (Lipinski definition) is 4. The Morgan fingerprint density at radius 3 is 2.25 bits per heavy atom. The van der Waals surface area contributed by atoms with Crippen molar-refractivity contribution in [1.29, 1.82) is 0 Å². The van der Waals surface area contributed by atoms with Crippen LogP contribution in [0.15, 0.2) is 0 Å². The quantitative estimate of drug-likeness (QED) is 0.345. The zero-order valence-electron chi connectivity index (χ0n) is 4.32. The number of ether oxygens (including phenoxy) is 1. The zero-order valence-corrected chi connectivity index (χ0v) is 4.32. The van der Waals surface area contributed by atoms with E-state index in [2.05, 4.69) is 4.74 Å². The molecule has 1 saturated heterocycles. The summed E-state index contributed by atoms with van der Waals surface area (Å²) >= 11 is 0. The molecule has 0 aromatic carbocycles. The molecule has 0 saturated carbocycles. The van der Waals surface area contributed by atoms with Gasteiger partial charge in [-0.2, -0.15) is 0 Å². The van der Waals surface area contributed by atoms with Crippen molar-refractivity contribution in [2.75, 3.05) is 6.61 Å². The lowest BCUT2D eigenvalue weighted by molar-refractivity contribution is -0.0664. The molecular formula is C4H9NO3. The van der Waals surface area contributed by atoms with E-state index in [0.29, 0.717) is 0 Å². The predicted molar refractivity (Wildman–Crippen MR) is 25.9 cm³/mol. The van der Waals surface area contributed by atoms with Gasteiger partial charge in [0.1, 0.15) is 0 Å². The van der Waals surface area contributed by atoms with Crippen LogP contribution in [-0.4, -0.2) is 35.3 Å². The van der Waals surface area contributed by atoms with Crippen LogP contribution in [-0.2, 0) is 4.74 Å². The molecule has 1 heterocycles. The van der Waals surface area contributed by atoms with Crippen molar-refractivity contribution >= 4 is 0 Å². The van der Waals surface area contributed by atoms with E-state index < -0.39 is 18.4 Å². The summed E-state index contributed by atoms with van der Waals surface area (Å²) in [6.07, 6.45) is -1.69. The summed E-state index contributed by atoms with van der Waals surface area (Å²) in [4.78, 5) is 0. The summed E-state index contributed by atoms with van der Waals surface area (Å²) in [7, 11) is 0. The van der Waals surface area contributed by atoms with Gasteiger partial charge < -0.3 is 20.7 Å². The molecule has 1 rings (SSSR count). The minimum atomic E-state index is -0.981. The Hall–Kier alpha value is -0.160. The van der Waals surface area contributed by atoms with Crippen LogP contribution in [0.1, 0.15) is 0 Å². The van der Waals surface area contributed by atoms with Crippen molar-refractivity contribution < 1.29 is 14.9 Å². The van der Waals surface area contributed by atoms with Crippen LogP contribution in [0.25, 0.3) is 0 Å². The lowest BCUT2D eigenvalue weighted by Crippen LogP contribution is -2.38. The number of aliphatic hydroxyl groups is 2. The van der Waals surface area contributed by atoms with Gasteiger partial charge in [-0.1, -0.05) is 0 Å². The minimum absolute atomic E-state index is 0.141. The lowest BCUT2D eigenvalue weighted by Gasteiger charge is -2.07. The first-order valence-electron chi connectivity index (χ1n) is 2.45. The second kappa shape index (κ2) is 1.99. The maximum Gasteiger partial charge on any atom is 0.172 e. The van der Waals surface area contributed by atoms with E-state index in [4.69, 9.17) is 15.9 Å². The molecule has 8 heavy (non-hydrogen) atoms. The highest BCUT2D eigenvalue weighted by atomic mass is 16.6. The van der Waals surface area contributed by atoms with Crippen LogP contribution in [0.4, 0.5) is 0 Å². The highest BCUT2D eigenvalue weighted by molar-refractivity contribution is 4.79. The first-order chi connectivity index (χ1) is 3.72. The molecule has 0 aromatic rings. The molecule has 0 radical (unpaired) electrons. The van der Waals surface area contributed by atoms with Crippen molar-refractivity contribution in [3.63, 3.8) is 0 Å². The molecular weight excluding hydrogens is 110 g/mol. The number of nitrogens with two attached hydrogens (primary N) is 1. The summed E-state index contributed by atoms with van der Waals surface area (Å²) in [5.41, 5.74) is 5.20. The second-order valence-corrected chi connectivity index (χ2v) is 1.87. The fraction of sp³-hybridized carbons (Fsp3) is 1.00. The first kappa shape index (κ1) is 5.97. The third kappa shape index (κ3) is 0.830. The Kier molecular flexibility index (Phi) is 1.48. The van der Waals surface area contributed by atoms with Gasteiger partial charge in [-0.3, -0.25) is 0 Å². The summed E-state index contributed by atoms with van der Waals surface area (Å²) in [5.74, 6) is 0. The molecule has 0 spiro atoms. The van der Waals surface area contributed by atoms with E-state index >= 15 is 0 Å². The van der Waals surface area contributed by atoms with E-state index in [0.717, 1.165) is 0 Å². The average Bonchev–Trinajstić information content (AvgIpc) is 1.98. The van der Waals surface area contributed by atoms with Crippen LogP contribution < -0.4 is 5.73 Å². The SMILES string of the molecule is N[C@H]1C(O)OC[C@H]1O. The van der Waals surface area contributed by atoms with E-state index in [9.17, 15) is 0 Å². The second-order valence-electron chi connectivity index (χ2n) is 1.87. The Labute approximate surface area is 46.9 Å². The monoisotopic (exact) mass is 119 g/mol. The van der Waals surface area contributed by atoms with Gasteiger partial charge >= 0.3 is 0 Å². The van der Waals surface area contributed by atoms with E-state index in [1.165, 1.54) is 0 Å². The molecule has 0 amide bonds. The smallest absolute Gasteiger partial charge is 0.172 e. The van der Waals surface area contributed by atoms with Crippen molar-refractivity contribution in [2.45, 2.75) is 18.4 Å². The lowest BCUT2D eigenvalue weighted by atomic mass is 10.2. The molecule has 48 valence electrons. The van der Waals surface area contributed by atoms with Crippen LogP contribution in [0.3, 0.4) is 0 Å². The third-order valence-electron chi connectivity index (χ3n) is 1.21. The van der Waals surface area contributed by atoms with Gasteiger partial charge in [-0.25, -0.2) is 0 Å². The summed E-state index contributed by atoms with van der Waals surface area (Å²) in [5, 5.41) is 17.4. The third-order valence-corrected chi connectivity index (χ3v) is 1.21. The molecule has 1 fully saturated rings. The molecule has 4 N–H and O–H groups in total. The molecule has 3 atom stereocenters. The van der Waals surface area contributed by atoms with E-state index in [1.54, 1.807) is 0 Å². The molecule has 0 bridgehead atoms. The van der Waals surface area contributed by atoms with Gasteiger partial charge in [0.25, 0.3) is 0 Å². The minimum Gasteiger partial charge on any atom is -0.389 e. The van der Waals surface area contributed by atoms with Gasteiger partial charge in [-0.05, 0) is 0 Å². The van der Waals surface area contributed by atoms with Crippen LogP contribution in [0.2, 0.25) is 0 Å². The largest absolute Gasteiger partial charge is 0.389 e. The maximum absolute atomic E-state index is 8.76. The normalized spacial score (nSPS) is 47.6. The zero-order chi connectivity index (χ0) is 6.15. The Morgan fingerprint density at radius 2 is 2.12 bits per heavy atom. The highest BCUT2D eigenvalue weighted by Crippen LogP contribution is 2.08. The van der Waals surface area contributed by atoms with Crippen molar-refractivity contribution in [1.82, 2.24) is 0 Å². The Balaban J connectivity index is 2.44. The Bertz CT molecular complexity index is 77.4. The van der Waals surface area contributed by atoms with Crippen molar-refractivity contribution in [3.05, 3.63) is 0 Å². The molecule has 0 aliphatic carbocycles. The van der Waals surface area contributed by atoms with Gasteiger partial charge in [0.2, 0.25) is 0 Å². The highest BCUT2D eigenvalue weighted by Gasteiger charge is 2.30. The standard InChI is InChI=1S/C4H9NO3/c5-3-2(6)1-8-4(3)7/h2-4,6-7H,1,5H2/t2-,3-,4?/m1/s1. The van der Waals surface area contributed by atoms with Gasteiger partial charge in [0.05, 0.1) is 18.8 Å². The summed E-state index contributed by atoms with van der Waals surface area (Å²) in [6, 6.07) is -0.630. The van der Waals surface area contributed by atoms with E-state index in [-0.39, 0.29) is 6.61 Å². The average molecular weight is 119 g/mol. The fourth-order valence-corrected chi connectivity index (χ4v) is 0.609. The van der Waals surface area contributed by atoms with E-state index in [1.807, 2.05) is 0 Å². The Morgan fingerprint density at radius 1 is 1.50 bits per heavy atom. The van der Waals surface area contributed by atoms with Crippen LogP contribution in [0.5, 0.6) is 0 Å². The van der Waals surface area contributed by atoms with Gasteiger partial charge in [0.15, 0.2) is 6.29 Å². The van der Waals surface area contributed by atoms with Gasteiger partial charge in [0, 0.05) is 0 Å². The molecule has 1 unspecified atom stereocenters. The first-order valence-corrected chi connectivity index (χ1v) is 2.45. The molecule has 4 nitrogen and oxygen atoms in total. The van der Waals surface area contributed by atoms with Gasteiger partial charge in [-0.15, -0.1) is 0 Å². The number of hydrogen-bond donors (Lipinski definition) is 3. The van der Waals surface area contributed by atoms with Crippen molar-refractivity contribution in [2.24, 2.45) is 5.73 Å². The van der Waals surface area contributed by atoms with Crippen molar-refractivity contribution in [3.8, 4) is 0 Å². The molecule has 1 aliphatic heterocycles. The topological polar surface area (TPSA) is 75.7 Å². The maximum atomic E-state index is 8.76. The van der Waals surface area contributed by atoms with Crippen LogP contribution in [0, 0.1) is 0 Å².